The van der Waals surface area contributed by atoms with Crippen molar-refractivity contribution in [3.8, 4) is 16.9 Å². The first-order chi connectivity index (χ1) is 8.76. The quantitative estimate of drug-likeness (QED) is 0.722. The largest absolute Gasteiger partial charge is 0.497 e. The summed E-state index contributed by atoms with van der Waals surface area (Å²) in [5.41, 5.74) is 9.65. The molecule has 0 fully saturated rings. The minimum atomic E-state index is 0.438. The molecule has 3 rings (SSSR count). The molecule has 0 aliphatic heterocycles. The highest BCUT2D eigenvalue weighted by atomic mass is 16.5. The Morgan fingerprint density at radius 2 is 1.94 bits per heavy atom. The molecule has 0 radical (unpaired) electrons. The van der Waals surface area contributed by atoms with Gasteiger partial charge in [0.2, 0.25) is 0 Å². The fraction of sp³-hybridized carbons (Fsp3) is 0.0714. The Labute approximate surface area is 104 Å². The van der Waals surface area contributed by atoms with E-state index in [4.69, 9.17) is 10.5 Å². The molecule has 0 aliphatic rings. The van der Waals surface area contributed by atoms with E-state index in [1.54, 1.807) is 7.11 Å². The van der Waals surface area contributed by atoms with Crippen molar-refractivity contribution in [3.63, 3.8) is 0 Å². The van der Waals surface area contributed by atoms with Crippen LogP contribution in [0.25, 0.3) is 22.2 Å². The zero-order valence-electron chi connectivity index (χ0n) is 9.97. The van der Waals surface area contributed by atoms with E-state index in [0.717, 1.165) is 27.9 Å². The number of nitrogens with zero attached hydrogens (tertiary/aromatic N) is 1. The summed E-state index contributed by atoms with van der Waals surface area (Å²) in [6, 6.07) is 14.0. The van der Waals surface area contributed by atoms with E-state index in [0.29, 0.717) is 5.95 Å². The molecule has 0 atom stereocenters. The molecular weight excluding hydrogens is 226 g/mol. The molecule has 4 nitrogen and oxygen atoms in total. The number of rotatable bonds is 2. The van der Waals surface area contributed by atoms with Gasteiger partial charge in [-0.2, -0.15) is 0 Å². The van der Waals surface area contributed by atoms with Crippen LogP contribution in [-0.2, 0) is 0 Å². The van der Waals surface area contributed by atoms with Crippen LogP contribution in [0, 0.1) is 0 Å². The van der Waals surface area contributed by atoms with Crippen LogP contribution in [0.1, 0.15) is 0 Å². The molecule has 3 aromatic rings. The molecule has 0 amide bonds. The third-order valence-corrected chi connectivity index (χ3v) is 2.90. The monoisotopic (exact) mass is 239 g/mol. The van der Waals surface area contributed by atoms with E-state index in [-0.39, 0.29) is 0 Å². The summed E-state index contributed by atoms with van der Waals surface area (Å²) in [5.74, 6) is 1.28. The van der Waals surface area contributed by atoms with Crippen LogP contribution < -0.4 is 10.5 Å². The van der Waals surface area contributed by atoms with E-state index in [1.165, 1.54) is 0 Å². The summed E-state index contributed by atoms with van der Waals surface area (Å²) in [6.45, 7) is 0. The lowest BCUT2D eigenvalue weighted by Gasteiger charge is -2.04. The van der Waals surface area contributed by atoms with Crippen molar-refractivity contribution < 1.29 is 4.74 Å². The number of methoxy groups -OCH3 is 1. The first kappa shape index (κ1) is 10.7. The van der Waals surface area contributed by atoms with Crippen molar-refractivity contribution in [1.29, 1.82) is 0 Å². The number of aromatic amines is 1. The average Bonchev–Trinajstić information content (AvgIpc) is 2.77. The average molecular weight is 239 g/mol. The van der Waals surface area contributed by atoms with Crippen LogP contribution in [0.5, 0.6) is 5.75 Å². The number of imidazole rings is 1. The van der Waals surface area contributed by atoms with Gasteiger partial charge in [-0.15, -0.1) is 0 Å². The molecular formula is C14H13N3O. The SMILES string of the molecule is COc1cccc(-c2ccc3nc(N)[nH]c3c2)c1. The van der Waals surface area contributed by atoms with Crippen molar-refractivity contribution in [2.24, 2.45) is 0 Å². The van der Waals surface area contributed by atoms with Crippen LogP contribution in [0.15, 0.2) is 42.5 Å². The number of aromatic nitrogens is 2. The minimum Gasteiger partial charge on any atom is -0.497 e. The summed E-state index contributed by atoms with van der Waals surface area (Å²) in [6.07, 6.45) is 0. The summed E-state index contributed by atoms with van der Waals surface area (Å²) < 4.78 is 5.23. The van der Waals surface area contributed by atoms with Crippen LogP contribution >= 0.6 is 0 Å². The zero-order valence-corrected chi connectivity index (χ0v) is 9.97. The maximum Gasteiger partial charge on any atom is 0.198 e. The van der Waals surface area contributed by atoms with Gasteiger partial charge in [-0.1, -0.05) is 18.2 Å². The Bertz CT molecular complexity index is 703. The Hall–Kier alpha value is -2.49. The molecule has 1 heterocycles. The molecule has 1 aromatic heterocycles. The summed E-state index contributed by atoms with van der Waals surface area (Å²) in [5, 5.41) is 0. The first-order valence-corrected chi connectivity index (χ1v) is 5.66. The fourth-order valence-electron chi connectivity index (χ4n) is 2.01. The molecule has 0 aliphatic carbocycles. The van der Waals surface area contributed by atoms with Crippen molar-refractivity contribution >= 4 is 17.0 Å². The standard InChI is InChI=1S/C14H13N3O/c1-18-11-4-2-3-9(7-11)10-5-6-12-13(8-10)17-14(15)16-12/h2-8H,1H3,(H3,15,16,17). The van der Waals surface area contributed by atoms with E-state index >= 15 is 0 Å². The van der Waals surface area contributed by atoms with Gasteiger partial charge in [-0.25, -0.2) is 4.98 Å². The molecule has 0 saturated carbocycles. The number of nitrogens with one attached hydrogen (secondary N) is 1. The summed E-state index contributed by atoms with van der Waals surface area (Å²) >= 11 is 0. The van der Waals surface area contributed by atoms with Gasteiger partial charge >= 0.3 is 0 Å². The maximum absolute atomic E-state index is 5.64. The van der Waals surface area contributed by atoms with E-state index < -0.39 is 0 Å². The van der Waals surface area contributed by atoms with Gasteiger partial charge in [-0.3, -0.25) is 0 Å². The van der Waals surface area contributed by atoms with Gasteiger partial charge in [0, 0.05) is 0 Å². The normalized spacial score (nSPS) is 10.7. The Kier molecular flexibility index (Phi) is 2.41. The van der Waals surface area contributed by atoms with E-state index in [1.807, 2.05) is 42.5 Å². The molecule has 3 N–H and O–H groups in total. The Morgan fingerprint density at radius 1 is 1.11 bits per heavy atom. The second-order valence-electron chi connectivity index (χ2n) is 4.09. The number of nitrogens with two attached hydrogens (primary N) is 1. The van der Waals surface area contributed by atoms with Crippen LogP contribution in [0.2, 0.25) is 0 Å². The predicted molar refractivity (Wildman–Crippen MR) is 72.5 cm³/mol. The van der Waals surface area contributed by atoms with E-state index in [2.05, 4.69) is 9.97 Å². The fourth-order valence-corrected chi connectivity index (χ4v) is 2.01. The lowest BCUT2D eigenvalue weighted by molar-refractivity contribution is 0.415. The predicted octanol–water partition coefficient (Wildman–Crippen LogP) is 2.82. The van der Waals surface area contributed by atoms with Gasteiger partial charge in [0.1, 0.15) is 5.75 Å². The molecule has 0 unspecified atom stereocenters. The first-order valence-electron chi connectivity index (χ1n) is 5.66. The molecule has 0 spiro atoms. The lowest BCUT2D eigenvalue weighted by atomic mass is 10.1. The van der Waals surface area contributed by atoms with Crippen molar-refractivity contribution in [1.82, 2.24) is 9.97 Å². The Balaban J connectivity index is 2.12. The van der Waals surface area contributed by atoms with Crippen molar-refractivity contribution in [2.45, 2.75) is 0 Å². The van der Waals surface area contributed by atoms with Gasteiger partial charge in [0.25, 0.3) is 0 Å². The number of anilines is 1. The van der Waals surface area contributed by atoms with Gasteiger partial charge < -0.3 is 15.5 Å². The second-order valence-corrected chi connectivity index (χ2v) is 4.09. The minimum absolute atomic E-state index is 0.438. The number of nitrogen functional groups attached to an aromatic ring is 1. The molecule has 90 valence electrons. The second kappa shape index (κ2) is 4.07. The number of hydrogen-bond donors (Lipinski definition) is 2. The maximum atomic E-state index is 5.64. The van der Waals surface area contributed by atoms with Crippen molar-refractivity contribution in [3.05, 3.63) is 42.5 Å². The highest BCUT2D eigenvalue weighted by Gasteiger charge is 2.04. The summed E-state index contributed by atoms with van der Waals surface area (Å²) in [7, 11) is 1.66. The number of H-pyrrole nitrogens is 1. The Morgan fingerprint density at radius 3 is 2.78 bits per heavy atom. The summed E-state index contributed by atoms with van der Waals surface area (Å²) in [4.78, 5) is 7.21. The number of fused-ring (bicyclic) bond motifs is 1. The van der Waals surface area contributed by atoms with Crippen molar-refractivity contribution in [2.75, 3.05) is 12.8 Å². The van der Waals surface area contributed by atoms with Gasteiger partial charge in [-0.05, 0) is 35.4 Å². The van der Waals surface area contributed by atoms with Crippen LogP contribution in [0.4, 0.5) is 5.95 Å². The van der Waals surface area contributed by atoms with Crippen LogP contribution in [-0.4, -0.2) is 17.1 Å². The molecule has 0 saturated heterocycles. The highest BCUT2D eigenvalue weighted by Crippen LogP contribution is 2.26. The molecule has 4 heteroatoms. The third kappa shape index (κ3) is 1.78. The smallest absolute Gasteiger partial charge is 0.198 e. The van der Waals surface area contributed by atoms with E-state index in [9.17, 15) is 0 Å². The van der Waals surface area contributed by atoms with Gasteiger partial charge in [0.05, 0.1) is 18.1 Å². The third-order valence-electron chi connectivity index (χ3n) is 2.90. The topological polar surface area (TPSA) is 63.9 Å². The number of benzene rings is 2. The molecule has 2 aromatic carbocycles. The van der Waals surface area contributed by atoms with Gasteiger partial charge in [0.15, 0.2) is 5.95 Å². The number of ether oxygens (including phenoxy) is 1. The molecule has 18 heavy (non-hydrogen) atoms. The van der Waals surface area contributed by atoms with Crippen LogP contribution in [0.3, 0.4) is 0 Å². The zero-order chi connectivity index (χ0) is 12.5. The lowest BCUT2D eigenvalue weighted by Crippen LogP contribution is -1.84. The number of hydrogen-bond acceptors (Lipinski definition) is 3. The molecule has 0 bridgehead atoms. The highest BCUT2D eigenvalue weighted by molar-refractivity contribution is 5.83.